The molecule has 1 N–H and O–H groups in total. The van der Waals surface area contributed by atoms with Gasteiger partial charge in [-0.15, -0.1) is 0 Å². The van der Waals surface area contributed by atoms with Crippen LogP contribution in [0.15, 0.2) is 24.3 Å². The number of carbonyl (C=O) groups is 2. The van der Waals surface area contributed by atoms with Gasteiger partial charge in [0.15, 0.2) is 5.69 Å². The van der Waals surface area contributed by atoms with Gasteiger partial charge in [-0.2, -0.15) is 5.10 Å². The standard InChI is InChI=1S/C20H25N3O3/c1-13(2)22(12-11-18(24)25)20(26)19-16-5-4-6-17(16)23(21-19)15-9-7-14(3)8-10-15/h7-10,13H,4-6,11-12H2,1-3H3,(H,24,25). The summed E-state index contributed by atoms with van der Waals surface area (Å²) in [6.07, 6.45) is 2.69. The van der Waals surface area contributed by atoms with Gasteiger partial charge >= 0.3 is 5.97 Å². The van der Waals surface area contributed by atoms with E-state index in [2.05, 4.69) is 5.10 Å². The molecule has 1 amide bonds. The number of hydrogen-bond donors (Lipinski definition) is 1. The van der Waals surface area contributed by atoms with E-state index >= 15 is 0 Å². The normalized spacial score (nSPS) is 13.1. The number of carboxylic acid groups (broad SMARTS) is 1. The molecule has 0 radical (unpaired) electrons. The van der Waals surface area contributed by atoms with Crippen LogP contribution in [0, 0.1) is 6.92 Å². The SMILES string of the molecule is Cc1ccc(-n2nc(C(=O)N(CCC(=O)O)C(C)C)c3c2CCC3)cc1. The molecule has 1 aromatic carbocycles. The molecule has 0 atom stereocenters. The lowest BCUT2D eigenvalue weighted by atomic mass is 10.1. The van der Waals surface area contributed by atoms with Crippen molar-refractivity contribution in [2.75, 3.05) is 6.54 Å². The molecule has 1 aromatic heterocycles. The lowest BCUT2D eigenvalue weighted by molar-refractivity contribution is -0.137. The highest BCUT2D eigenvalue weighted by molar-refractivity contribution is 5.94. The Labute approximate surface area is 153 Å². The van der Waals surface area contributed by atoms with Gasteiger partial charge in [-0.25, -0.2) is 4.68 Å². The van der Waals surface area contributed by atoms with Crippen LogP contribution in [0.5, 0.6) is 0 Å². The van der Waals surface area contributed by atoms with Gasteiger partial charge in [0.2, 0.25) is 0 Å². The van der Waals surface area contributed by atoms with Gasteiger partial charge in [-0.3, -0.25) is 9.59 Å². The molecule has 0 aliphatic heterocycles. The van der Waals surface area contributed by atoms with Crippen LogP contribution in [-0.2, 0) is 17.6 Å². The van der Waals surface area contributed by atoms with E-state index in [1.54, 1.807) is 4.90 Å². The minimum atomic E-state index is -0.904. The van der Waals surface area contributed by atoms with Gasteiger partial charge in [0.05, 0.1) is 12.1 Å². The van der Waals surface area contributed by atoms with Gasteiger partial charge in [0.25, 0.3) is 5.91 Å². The van der Waals surface area contributed by atoms with Crippen LogP contribution >= 0.6 is 0 Å². The van der Waals surface area contributed by atoms with Crippen molar-refractivity contribution in [2.45, 2.75) is 52.5 Å². The molecule has 6 nitrogen and oxygen atoms in total. The predicted molar refractivity (Wildman–Crippen MR) is 98.8 cm³/mol. The number of amides is 1. The Kier molecular flexibility index (Phi) is 5.11. The zero-order valence-electron chi connectivity index (χ0n) is 15.5. The number of rotatable bonds is 6. The van der Waals surface area contributed by atoms with E-state index in [1.165, 1.54) is 5.56 Å². The van der Waals surface area contributed by atoms with E-state index in [9.17, 15) is 9.59 Å². The van der Waals surface area contributed by atoms with Gasteiger partial charge in [0.1, 0.15) is 0 Å². The smallest absolute Gasteiger partial charge is 0.305 e. The van der Waals surface area contributed by atoms with E-state index in [4.69, 9.17) is 5.11 Å². The van der Waals surface area contributed by atoms with Gasteiger partial charge in [-0.05, 0) is 52.2 Å². The third-order valence-electron chi connectivity index (χ3n) is 4.86. The number of hydrogen-bond acceptors (Lipinski definition) is 3. The zero-order chi connectivity index (χ0) is 18.8. The minimum absolute atomic E-state index is 0.0647. The maximum Gasteiger partial charge on any atom is 0.305 e. The highest BCUT2D eigenvalue weighted by Gasteiger charge is 2.30. The molecule has 1 aliphatic rings. The maximum absolute atomic E-state index is 13.1. The average molecular weight is 355 g/mol. The summed E-state index contributed by atoms with van der Waals surface area (Å²) in [6, 6.07) is 8.02. The topological polar surface area (TPSA) is 75.4 Å². The van der Waals surface area contributed by atoms with Crippen LogP contribution in [0.4, 0.5) is 0 Å². The lowest BCUT2D eigenvalue weighted by Crippen LogP contribution is -2.39. The van der Waals surface area contributed by atoms with Crippen molar-refractivity contribution in [1.82, 2.24) is 14.7 Å². The Hall–Kier alpha value is -2.63. The van der Waals surface area contributed by atoms with E-state index in [0.29, 0.717) is 5.69 Å². The van der Waals surface area contributed by atoms with Crippen LogP contribution in [-0.4, -0.2) is 44.3 Å². The number of aryl methyl sites for hydroxylation is 1. The van der Waals surface area contributed by atoms with Gasteiger partial charge in [-0.1, -0.05) is 17.7 Å². The van der Waals surface area contributed by atoms with Crippen molar-refractivity contribution in [2.24, 2.45) is 0 Å². The molecule has 1 heterocycles. The molecule has 0 bridgehead atoms. The summed E-state index contributed by atoms with van der Waals surface area (Å²) in [7, 11) is 0. The summed E-state index contributed by atoms with van der Waals surface area (Å²) in [5.74, 6) is -1.08. The van der Waals surface area contributed by atoms with Crippen LogP contribution in [0.3, 0.4) is 0 Å². The summed E-state index contributed by atoms with van der Waals surface area (Å²) < 4.78 is 1.88. The summed E-state index contributed by atoms with van der Waals surface area (Å²) in [5, 5.41) is 13.6. The first-order chi connectivity index (χ1) is 12.4. The van der Waals surface area contributed by atoms with E-state index in [1.807, 2.05) is 49.7 Å². The fourth-order valence-electron chi connectivity index (χ4n) is 3.46. The second-order valence-corrected chi connectivity index (χ2v) is 7.11. The molecule has 26 heavy (non-hydrogen) atoms. The zero-order valence-corrected chi connectivity index (χ0v) is 15.5. The number of aromatic nitrogens is 2. The molecule has 138 valence electrons. The Bertz CT molecular complexity index is 822. The molecular formula is C20H25N3O3. The summed E-state index contributed by atoms with van der Waals surface area (Å²) in [5.41, 5.74) is 4.70. The van der Waals surface area contributed by atoms with E-state index in [0.717, 1.165) is 36.2 Å². The van der Waals surface area contributed by atoms with Crippen LogP contribution < -0.4 is 0 Å². The molecule has 0 spiro atoms. The van der Waals surface area contributed by atoms with Gasteiger partial charge in [0, 0.05) is 23.8 Å². The van der Waals surface area contributed by atoms with Crippen molar-refractivity contribution in [3.05, 3.63) is 46.8 Å². The van der Waals surface area contributed by atoms with Crippen LogP contribution in [0.25, 0.3) is 5.69 Å². The maximum atomic E-state index is 13.1. The number of nitrogens with zero attached hydrogens (tertiary/aromatic N) is 3. The largest absolute Gasteiger partial charge is 0.481 e. The third kappa shape index (κ3) is 3.49. The number of benzene rings is 1. The van der Waals surface area contributed by atoms with E-state index in [-0.39, 0.29) is 24.9 Å². The van der Waals surface area contributed by atoms with E-state index < -0.39 is 5.97 Å². The first kappa shape index (κ1) is 18.2. The fraction of sp³-hybridized carbons (Fsp3) is 0.450. The molecular weight excluding hydrogens is 330 g/mol. The second-order valence-electron chi connectivity index (χ2n) is 7.11. The Balaban J connectivity index is 1.97. The average Bonchev–Trinajstić information content (AvgIpc) is 3.17. The molecule has 0 saturated heterocycles. The number of carboxylic acids is 1. The molecule has 0 fully saturated rings. The summed E-state index contributed by atoms with van der Waals surface area (Å²) in [6.45, 7) is 6.03. The van der Waals surface area contributed by atoms with Crippen molar-refractivity contribution in [3.63, 3.8) is 0 Å². The number of fused-ring (bicyclic) bond motifs is 1. The quantitative estimate of drug-likeness (QED) is 0.864. The highest BCUT2D eigenvalue weighted by atomic mass is 16.4. The lowest BCUT2D eigenvalue weighted by Gasteiger charge is -2.25. The van der Waals surface area contributed by atoms with Crippen LogP contribution in [0.1, 0.15) is 54.0 Å². The third-order valence-corrected chi connectivity index (χ3v) is 4.86. The Morgan fingerprint density at radius 1 is 1.23 bits per heavy atom. The fourth-order valence-corrected chi connectivity index (χ4v) is 3.46. The highest BCUT2D eigenvalue weighted by Crippen LogP contribution is 2.29. The molecule has 0 saturated carbocycles. The molecule has 6 heteroatoms. The minimum Gasteiger partial charge on any atom is -0.481 e. The van der Waals surface area contributed by atoms with Crippen molar-refractivity contribution >= 4 is 11.9 Å². The molecule has 0 unspecified atom stereocenters. The first-order valence-corrected chi connectivity index (χ1v) is 9.09. The van der Waals surface area contributed by atoms with Crippen molar-refractivity contribution < 1.29 is 14.7 Å². The summed E-state index contributed by atoms with van der Waals surface area (Å²) in [4.78, 5) is 25.7. The second kappa shape index (κ2) is 7.32. The Morgan fingerprint density at radius 2 is 1.92 bits per heavy atom. The van der Waals surface area contributed by atoms with Gasteiger partial charge < -0.3 is 10.0 Å². The number of aliphatic carboxylic acids is 1. The molecule has 3 rings (SSSR count). The predicted octanol–water partition coefficient (Wildman–Crippen LogP) is 2.99. The van der Waals surface area contributed by atoms with Crippen molar-refractivity contribution in [3.8, 4) is 5.69 Å². The first-order valence-electron chi connectivity index (χ1n) is 9.09. The van der Waals surface area contributed by atoms with Crippen LogP contribution in [0.2, 0.25) is 0 Å². The number of carbonyl (C=O) groups excluding carboxylic acids is 1. The van der Waals surface area contributed by atoms with Crippen molar-refractivity contribution in [1.29, 1.82) is 0 Å². The monoisotopic (exact) mass is 355 g/mol. The molecule has 1 aliphatic carbocycles. The Morgan fingerprint density at radius 3 is 2.54 bits per heavy atom. The summed E-state index contributed by atoms with van der Waals surface area (Å²) >= 11 is 0. The molecule has 2 aromatic rings.